The van der Waals surface area contributed by atoms with Crippen LogP contribution in [-0.2, 0) is 4.74 Å². The van der Waals surface area contributed by atoms with Crippen LogP contribution < -0.4 is 11.5 Å². The highest BCUT2D eigenvalue weighted by Gasteiger charge is 2.34. The van der Waals surface area contributed by atoms with Crippen LogP contribution in [0.1, 0.15) is 47.5 Å². The van der Waals surface area contributed by atoms with Crippen molar-refractivity contribution in [1.29, 1.82) is 0 Å². The molecule has 6 nitrogen and oxygen atoms in total. The first-order chi connectivity index (χ1) is 11.0. The zero-order valence-electron chi connectivity index (χ0n) is 16.2. The van der Waals surface area contributed by atoms with Gasteiger partial charge in [0.25, 0.3) is 0 Å². The molecule has 7 heteroatoms. The van der Waals surface area contributed by atoms with Gasteiger partial charge in [-0.1, -0.05) is 13.5 Å². The molecule has 24 heavy (non-hydrogen) atoms. The predicted octanol–water partition coefficient (Wildman–Crippen LogP) is 0.855. The fourth-order valence-corrected chi connectivity index (χ4v) is 4.39. The van der Waals surface area contributed by atoms with E-state index in [9.17, 15) is 4.79 Å². The van der Waals surface area contributed by atoms with Crippen molar-refractivity contribution in [3.05, 3.63) is 12.3 Å². The molecule has 1 saturated heterocycles. The Bertz CT molecular complexity index is 450. The van der Waals surface area contributed by atoms with Crippen molar-refractivity contribution in [3.63, 3.8) is 0 Å². The number of hydrogen-bond acceptors (Lipinski definition) is 5. The van der Waals surface area contributed by atoms with Gasteiger partial charge >= 0.3 is 6.09 Å². The smallest absolute Gasteiger partial charge is 0.414 e. The zero-order chi connectivity index (χ0) is 18.7. The molecule has 4 N–H and O–H groups in total. The molecule has 0 bridgehead atoms. The second-order valence-corrected chi connectivity index (χ2v) is 9.07. The van der Waals surface area contributed by atoms with Crippen LogP contribution >= 0.6 is 0 Å². The lowest BCUT2D eigenvalue weighted by atomic mass is 10.1. The minimum Gasteiger partial charge on any atom is -0.443 e. The number of amides is 1. The van der Waals surface area contributed by atoms with Crippen LogP contribution in [-0.4, -0.2) is 73.9 Å². The molecule has 1 amide bonds. The predicted molar refractivity (Wildman–Crippen MR) is 101 cm³/mol. The van der Waals surface area contributed by atoms with Gasteiger partial charge in [0.05, 0.1) is 0 Å². The summed E-state index contributed by atoms with van der Waals surface area (Å²) in [4.78, 5) is 17.0. The molecule has 0 aromatic carbocycles. The Morgan fingerprint density at radius 3 is 2.50 bits per heavy atom. The Morgan fingerprint density at radius 1 is 1.46 bits per heavy atom. The first-order valence-corrected chi connectivity index (χ1v) is 10.1. The van der Waals surface area contributed by atoms with Gasteiger partial charge in [-0.3, -0.25) is 4.90 Å². The summed E-state index contributed by atoms with van der Waals surface area (Å²) >= 11 is 0.936. The van der Waals surface area contributed by atoms with E-state index in [2.05, 4.69) is 18.4 Å². The Balaban J connectivity index is 2.94. The van der Waals surface area contributed by atoms with Gasteiger partial charge in [-0.05, 0) is 39.0 Å². The monoisotopic (exact) mass is 354 g/mol. The molecule has 4 atom stereocenters. The molecule has 1 aliphatic rings. The van der Waals surface area contributed by atoms with Crippen molar-refractivity contribution >= 4 is 22.4 Å². The Hall–Kier alpha value is -0.578. The third-order valence-corrected chi connectivity index (χ3v) is 6.11. The quantitative estimate of drug-likeness (QED) is 0.732. The molecule has 0 spiro atoms. The summed E-state index contributed by atoms with van der Waals surface area (Å²) in [6.45, 7) is 15.3. The molecule has 0 aromatic heterocycles. The summed E-state index contributed by atoms with van der Waals surface area (Å²) in [5, 5.41) is 0. The van der Waals surface area contributed by atoms with Gasteiger partial charge in [-0.25, -0.2) is 4.79 Å². The van der Waals surface area contributed by atoms with Gasteiger partial charge in [-0.15, -0.1) is 0 Å². The summed E-state index contributed by atoms with van der Waals surface area (Å²) in [5.41, 5.74) is 12.6. The number of rotatable bonds is 4. The SMILES string of the molecule is C=C1CCN([C@@H]([AlH2])C(N)[C@H](C)N)C(CC)CN1C(=O)OC(C)(C)C. The first-order valence-electron chi connectivity index (χ1n) is 8.93. The van der Waals surface area contributed by atoms with Gasteiger partial charge in [0.15, 0.2) is 0 Å². The zero-order valence-corrected chi connectivity index (χ0v) is 18.2. The number of nitrogens with zero attached hydrogens (tertiary/aromatic N) is 2. The van der Waals surface area contributed by atoms with Crippen LogP contribution in [0.5, 0.6) is 0 Å². The third kappa shape index (κ3) is 5.75. The highest BCUT2D eigenvalue weighted by atomic mass is 27.0. The fraction of sp³-hybridized carbons (Fsp3) is 0.824. The van der Waals surface area contributed by atoms with Gasteiger partial charge < -0.3 is 21.1 Å². The van der Waals surface area contributed by atoms with Crippen molar-refractivity contribution < 1.29 is 9.53 Å². The fourth-order valence-electron chi connectivity index (χ4n) is 3.10. The number of hydrogen-bond donors (Lipinski definition) is 2. The average molecular weight is 354 g/mol. The van der Waals surface area contributed by atoms with Crippen molar-refractivity contribution in [2.75, 3.05) is 13.1 Å². The second-order valence-electron chi connectivity index (χ2n) is 7.88. The van der Waals surface area contributed by atoms with Crippen molar-refractivity contribution in [3.8, 4) is 0 Å². The summed E-state index contributed by atoms with van der Waals surface area (Å²) in [6, 6.07) is 0.148. The Labute approximate surface area is 155 Å². The summed E-state index contributed by atoms with van der Waals surface area (Å²) < 4.78 is 5.55. The van der Waals surface area contributed by atoms with Crippen LogP contribution in [0, 0.1) is 0 Å². The Kier molecular flexibility index (Phi) is 7.77. The highest BCUT2D eigenvalue weighted by Crippen LogP contribution is 2.23. The second kappa shape index (κ2) is 8.68. The van der Waals surface area contributed by atoms with Gasteiger partial charge in [0.2, 0.25) is 16.3 Å². The minimum absolute atomic E-state index is 0.0431. The van der Waals surface area contributed by atoms with Gasteiger partial charge in [0.1, 0.15) is 5.60 Å². The molecule has 0 aromatic rings. The van der Waals surface area contributed by atoms with E-state index in [0.29, 0.717) is 6.54 Å². The number of carbonyl (C=O) groups is 1. The van der Waals surface area contributed by atoms with Crippen molar-refractivity contribution in [2.45, 2.75) is 76.1 Å². The maximum Gasteiger partial charge on any atom is 0.414 e. The van der Waals surface area contributed by atoms with E-state index >= 15 is 0 Å². The van der Waals surface area contributed by atoms with Crippen LogP contribution in [0.15, 0.2) is 12.3 Å². The summed E-state index contributed by atoms with van der Waals surface area (Å²) in [5.74, 6) is 0. The molecule has 1 fully saturated rings. The van der Waals surface area contributed by atoms with E-state index in [0.717, 1.165) is 41.4 Å². The molecule has 1 aliphatic heterocycles. The van der Waals surface area contributed by atoms with Crippen molar-refractivity contribution in [2.24, 2.45) is 11.5 Å². The molecular weight excluding hydrogens is 319 g/mol. The lowest BCUT2D eigenvalue weighted by Crippen LogP contribution is -2.59. The largest absolute Gasteiger partial charge is 0.443 e. The van der Waals surface area contributed by atoms with Crippen LogP contribution in [0.3, 0.4) is 0 Å². The van der Waals surface area contributed by atoms with Crippen LogP contribution in [0.4, 0.5) is 4.79 Å². The molecule has 0 saturated carbocycles. The van der Waals surface area contributed by atoms with Gasteiger partial charge in [0, 0.05) is 43.3 Å². The maximum absolute atomic E-state index is 12.5. The van der Waals surface area contributed by atoms with E-state index in [1.807, 2.05) is 27.7 Å². The molecule has 2 unspecified atom stereocenters. The van der Waals surface area contributed by atoms with Crippen LogP contribution in [0.2, 0.25) is 0 Å². The normalized spacial score (nSPS) is 24.2. The Morgan fingerprint density at radius 2 is 2.04 bits per heavy atom. The van der Waals surface area contributed by atoms with E-state index in [1.54, 1.807) is 4.90 Å². The highest BCUT2D eigenvalue weighted by molar-refractivity contribution is 6.12. The molecular formula is C17H35AlN4O2. The summed E-state index contributed by atoms with van der Waals surface area (Å²) in [6.07, 6.45) is 1.37. The number of ether oxygens (including phenoxy) is 1. The lowest BCUT2D eigenvalue weighted by Gasteiger charge is -2.39. The summed E-state index contributed by atoms with van der Waals surface area (Å²) in [7, 11) is 0. The topological polar surface area (TPSA) is 84.8 Å². The third-order valence-electron chi connectivity index (χ3n) is 4.68. The molecule has 0 aliphatic carbocycles. The van der Waals surface area contributed by atoms with Crippen molar-refractivity contribution in [1.82, 2.24) is 9.80 Å². The van der Waals surface area contributed by atoms with E-state index in [4.69, 9.17) is 16.2 Å². The first kappa shape index (κ1) is 21.5. The molecule has 1 rings (SSSR count). The maximum atomic E-state index is 12.5. The number of nitrogens with two attached hydrogens (primary N) is 2. The molecule has 138 valence electrons. The number of carbonyl (C=O) groups excluding carboxylic acids is 1. The van der Waals surface area contributed by atoms with E-state index < -0.39 is 5.60 Å². The molecule has 1 heterocycles. The van der Waals surface area contributed by atoms with E-state index in [-0.39, 0.29) is 29.1 Å². The lowest BCUT2D eigenvalue weighted by molar-refractivity contribution is 0.0279. The van der Waals surface area contributed by atoms with Crippen LogP contribution in [0.25, 0.3) is 0 Å². The van der Waals surface area contributed by atoms with E-state index in [1.165, 1.54) is 0 Å². The standard InChI is InChI=1S/C17H33N4O2.Al.2H/c1-7-14-10-21(16(22)23-17(4,5)6)12(2)8-9-20(14)11-15(19)13(3)18;;;/h11,13-15H,2,7-10,18-19H2,1,3-6H3;;;/t13-,14?,15?;;;/m0.../s1. The minimum atomic E-state index is -0.511. The average Bonchev–Trinajstić information content (AvgIpc) is 2.62. The molecule has 0 radical (unpaired) electrons. The van der Waals surface area contributed by atoms with Gasteiger partial charge in [-0.2, -0.15) is 0 Å².